The molecule has 0 amide bonds. The lowest BCUT2D eigenvalue weighted by molar-refractivity contribution is 0.00578. The van der Waals surface area contributed by atoms with Gasteiger partial charge in [0.25, 0.3) is 0 Å². The number of nitrogens with zero attached hydrogens (tertiary/aromatic N) is 4. The second-order valence-corrected chi connectivity index (χ2v) is 6.45. The number of tetrazole rings is 1. The third kappa shape index (κ3) is 2.64. The van der Waals surface area contributed by atoms with Crippen molar-refractivity contribution in [1.82, 2.24) is 20.2 Å². The lowest BCUT2D eigenvalue weighted by Crippen LogP contribution is -2.41. The van der Waals surface area contributed by atoms with Crippen molar-refractivity contribution in [3.05, 3.63) is 35.9 Å². The van der Waals surface area contributed by atoms with Crippen LogP contribution in [0, 0.1) is 5.82 Å². The molecule has 0 spiro atoms. The normalized spacial score (nSPS) is 19.6. The fourth-order valence-corrected chi connectivity index (χ4v) is 2.28. The number of rotatable bonds is 3. The van der Waals surface area contributed by atoms with E-state index in [1.807, 2.05) is 27.7 Å². The lowest BCUT2D eigenvalue weighted by atomic mass is 9.78. The molecule has 1 saturated heterocycles. The molecule has 116 valence electrons. The molecule has 0 atom stereocenters. The molecular weight excluding hydrogens is 286 g/mol. The maximum Gasteiger partial charge on any atom is 0.497 e. The van der Waals surface area contributed by atoms with Crippen molar-refractivity contribution in [2.24, 2.45) is 0 Å². The average molecular weight is 304 g/mol. The summed E-state index contributed by atoms with van der Waals surface area (Å²) in [5.41, 5.74) is 0.258. The first-order valence-electron chi connectivity index (χ1n) is 7.13. The molecule has 0 aliphatic carbocycles. The van der Waals surface area contributed by atoms with E-state index < -0.39 is 18.3 Å². The number of hydrogen-bond acceptors (Lipinski definition) is 5. The lowest BCUT2D eigenvalue weighted by Gasteiger charge is -2.32. The van der Waals surface area contributed by atoms with Gasteiger partial charge in [-0.05, 0) is 49.8 Å². The number of halogens is 1. The maximum atomic E-state index is 14.2. The zero-order chi connectivity index (χ0) is 16.0. The highest BCUT2D eigenvalue weighted by Crippen LogP contribution is 2.36. The van der Waals surface area contributed by atoms with Crippen LogP contribution in [0.15, 0.2) is 24.5 Å². The molecule has 0 N–H and O–H groups in total. The molecule has 6 nitrogen and oxygen atoms in total. The van der Waals surface area contributed by atoms with E-state index in [1.165, 1.54) is 12.4 Å². The highest BCUT2D eigenvalue weighted by molar-refractivity contribution is 6.62. The van der Waals surface area contributed by atoms with E-state index in [4.69, 9.17) is 9.31 Å². The minimum atomic E-state index is -0.723. The SMILES string of the molecule is CC1(C)OB(c2cc(Cn3cnnn3)ccc2F)OC1(C)C. The van der Waals surface area contributed by atoms with Gasteiger partial charge < -0.3 is 9.31 Å². The largest absolute Gasteiger partial charge is 0.497 e. The van der Waals surface area contributed by atoms with E-state index in [1.54, 1.807) is 16.8 Å². The molecule has 1 aliphatic rings. The van der Waals surface area contributed by atoms with Crippen LogP contribution < -0.4 is 5.46 Å². The standard InChI is InChI=1S/C14H18BFN4O2/c1-13(2)14(3,4)22-15(21-13)11-7-10(5-6-12(11)16)8-20-9-17-18-19-20/h5-7,9H,8H2,1-4H3. The molecule has 1 aliphatic heterocycles. The van der Waals surface area contributed by atoms with Gasteiger partial charge in [-0.15, -0.1) is 5.10 Å². The third-order valence-corrected chi connectivity index (χ3v) is 4.30. The van der Waals surface area contributed by atoms with Gasteiger partial charge in [0.1, 0.15) is 12.1 Å². The zero-order valence-electron chi connectivity index (χ0n) is 13.1. The Labute approximate surface area is 128 Å². The highest BCUT2D eigenvalue weighted by Gasteiger charge is 2.52. The van der Waals surface area contributed by atoms with Crippen LogP contribution in [-0.4, -0.2) is 38.5 Å². The Kier molecular flexibility index (Phi) is 3.53. The van der Waals surface area contributed by atoms with Gasteiger partial charge in [0.05, 0.1) is 17.7 Å². The van der Waals surface area contributed by atoms with E-state index in [0.29, 0.717) is 12.0 Å². The molecule has 2 aromatic rings. The number of aromatic nitrogens is 4. The highest BCUT2D eigenvalue weighted by atomic mass is 19.1. The second kappa shape index (κ2) is 5.14. The predicted molar refractivity (Wildman–Crippen MR) is 79.0 cm³/mol. The summed E-state index contributed by atoms with van der Waals surface area (Å²) in [5, 5.41) is 11.0. The summed E-state index contributed by atoms with van der Waals surface area (Å²) in [7, 11) is -0.723. The molecule has 1 fully saturated rings. The Morgan fingerprint density at radius 3 is 2.45 bits per heavy atom. The molecule has 3 rings (SSSR count). The minimum Gasteiger partial charge on any atom is -0.399 e. The summed E-state index contributed by atoms with van der Waals surface area (Å²) in [4.78, 5) is 0. The van der Waals surface area contributed by atoms with Gasteiger partial charge in [-0.2, -0.15) is 0 Å². The van der Waals surface area contributed by atoms with Crippen LogP contribution in [0.3, 0.4) is 0 Å². The van der Waals surface area contributed by atoms with Crippen LogP contribution in [0.4, 0.5) is 4.39 Å². The van der Waals surface area contributed by atoms with Crippen molar-refractivity contribution >= 4 is 12.6 Å². The summed E-state index contributed by atoms with van der Waals surface area (Å²) in [6.45, 7) is 8.22. The molecular formula is C14H18BFN4O2. The molecule has 0 radical (unpaired) electrons. The Morgan fingerprint density at radius 1 is 1.18 bits per heavy atom. The molecule has 1 aromatic heterocycles. The topological polar surface area (TPSA) is 62.1 Å². The van der Waals surface area contributed by atoms with E-state index >= 15 is 0 Å². The van der Waals surface area contributed by atoms with Gasteiger partial charge in [0.15, 0.2) is 0 Å². The smallest absolute Gasteiger partial charge is 0.399 e. The quantitative estimate of drug-likeness (QED) is 0.796. The fraction of sp³-hybridized carbons (Fsp3) is 0.500. The van der Waals surface area contributed by atoms with Gasteiger partial charge >= 0.3 is 7.12 Å². The first kappa shape index (κ1) is 15.1. The van der Waals surface area contributed by atoms with Crippen molar-refractivity contribution in [3.8, 4) is 0 Å². The Balaban J connectivity index is 1.88. The average Bonchev–Trinajstić information content (AvgIpc) is 2.99. The summed E-state index contributed by atoms with van der Waals surface area (Å²) in [6, 6.07) is 4.85. The first-order chi connectivity index (χ1) is 10.3. The van der Waals surface area contributed by atoms with Crippen LogP contribution in [0.2, 0.25) is 0 Å². The summed E-state index contributed by atoms with van der Waals surface area (Å²) < 4.78 is 27.6. The van der Waals surface area contributed by atoms with Crippen molar-refractivity contribution in [2.45, 2.75) is 45.4 Å². The van der Waals surface area contributed by atoms with Crippen molar-refractivity contribution in [1.29, 1.82) is 0 Å². The minimum absolute atomic E-state index is 0.348. The zero-order valence-corrected chi connectivity index (χ0v) is 13.1. The van der Waals surface area contributed by atoms with Crippen LogP contribution in [0.25, 0.3) is 0 Å². The summed E-state index contributed by atoms with van der Waals surface area (Å²) >= 11 is 0. The summed E-state index contributed by atoms with van der Waals surface area (Å²) in [6.07, 6.45) is 1.51. The number of hydrogen-bond donors (Lipinski definition) is 0. The van der Waals surface area contributed by atoms with Gasteiger partial charge in [-0.25, -0.2) is 9.07 Å². The molecule has 0 unspecified atom stereocenters. The maximum absolute atomic E-state index is 14.2. The third-order valence-electron chi connectivity index (χ3n) is 4.30. The second-order valence-electron chi connectivity index (χ2n) is 6.45. The van der Waals surface area contributed by atoms with Gasteiger partial charge in [0, 0.05) is 5.46 Å². The Morgan fingerprint density at radius 2 is 1.86 bits per heavy atom. The molecule has 22 heavy (non-hydrogen) atoms. The predicted octanol–water partition coefficient (Wildman–Crippen LogP) is 1.16. The number of benzene rings is 1. The van der Waals surface area contributed by atoms with Crippen molar-refractivity contribution in [3.63, 3.8) is 0 Å². The van der Waals surface area contributed by atoms with E-state index in [9.17, 15) is 4.39 Å². The Hall–Kier alpha value is -1.80. The Bertz CT molecular complexity index is 659. The molecule has 0 saturated carbocycles. The molecule has 0 bridgehead atoms. The van der Waals surface area contributed by atoms with Crippen LogP contribution in [0.1, 0.15) is 33.3 Å². The van der Waals surface area contributed by atoms with Gasteiger partial charge in [0.2, 0.25) is 0 Å². The summed E-state index contributed by atoms with van der Waals surface area (Å²) in [5.74, 6) is -0.348. The van der Waals surface area contributed by atoms with Crippen molar-refractivity contribution < 1.29 is 13.7 Å². The molecule has 8 heteroatoms. The fourth-order valence-electron chi connectivity index (χ4n) is 2.28. The molecule has 1 aromatic carbocycles. The van der Waals surface area contributed by atoms with E-state index in [-0.39, 0.29) is 5.82 Å². The van der Waals surface area contributed by atoms with Crippen LogP contribution in [-0.2, 0) is 15.9 Å². The van der Waals surface area contributed by atoms with E-state index in [2.05, 4.69) is 15.5 Å². The first-order valence-corrected chi connectivity index (χ1v) is 7.13. The van der Waals surface area contributed by atoms with Crippen LogP contribution in [0.5, 0.6) is 0 Å². The van der Waals surface area contributed by atoms with Gasteiger partial charge in [-0.3, -0.25) is 0 Å². The monoisotopic (exact) mass is 304 g/mol. The van der Waals surface area contributed by atoms with Crippen LogP contribution >= 0.6 is 0 Å². The van der Waals surface area contributed by atoms with Crippen molar-refractivity contribution in [2.75, 3.05) is 0 Å². The molecule has 2 heterocycles. The van der Waals surface area contributed by atoms with E-state index in [0.717, 1.165) is 5.56 Å². The van der Waals surface area contributed by atoms with Gasteiger partial charge in [-0.1, -0.05) is 12.1 Å².